The molecule has 3 aromatic rings. The maximum Gasteiger partial charge on any atom is 0.416 e. The summed E-state index contributed by atoms with van der Waals surface area (Å²) in [4.78, 5) is 15.6. The minimum Gasteiger partial charge on any atom is -0.325 e. The van der Waals surface area contributed by atoms with Gasteiger partial charge in [-0.3, -0.25) is 4.79 Å². The van der Waals surface area contributed by atoms with Gasteiger partial charge in [-0.25, -0.2) is 18.1 Å². The molecule has 32 heavy (non-hydrogen) atoms. The van der Waals surface area contributed by atoms with Crippen molar-refractivity contribution in [3.8, 4) is 11.8 Å². The van der Waals surface area contributed by atoms with Crippen LogP contribution < -0.4 is 10.0 Å². The van der Waals surface area contributed by atoms with Gasteiger partial charge < -0.3 is 5.32 Å². The van der Waals surface area contributed by atoms with E-state index in [0.717, 1.165) is 18.2 Å². The lowest BCUT2D eigenvalue weighted by atomic mass is 10.2. The summed E-state index contributed by atoms with van der Waals surface area (Å²) >= 11 is 0. The molecule has 0 fully saturated rings. The van der Waals surface area contributed by atoms with Crippen molar-refractivity contribution in [2.24, 2.45) is 0 Å². The summed E-state index contributed by atoms with van der Waals surface area (Å²) in [6, 6.07) is 15.1. The molecule has 2 N–H and O–H groups in total. The molecule has 2 aromatic carbocycles. The number of hydrogen-bond acceptors (Lipinski definition) is 4. The van der Waals surface area contributed by atoms with Gasteiger partial charge in [0.15, 0.2) is 0 Å². The lowest BCUT2D eigenvalue weighted by Gasteiger charge is -2.10. The van der Waals surface area contributed by atoms with Gasteiger partial charge in [0.1, 0.15) is 5.69 Å². The molecule has 6 nitrogen and oxygen atoms in total. The van der Waals surface area contributed by atoms with Gasteiger partial charge in [0.2, 0.25) is 15.9 Å². The number of alkyl halides is 3. The fourth-order valence-electron chi connectivity index (χ4n) is 2.54. The molecule has 0 atom stereocenters. The van der Waals surface area contributed by atoms with E-state index in [1.54, 1.807) is 48.7 Å². The van der Waals surface area contributed by atoms with E-state index in [1.165, 1.54) is 0 Å². The minimum atomic E-state index is -4.69. The number of aromatic nitrogens is 1. The Kier molecular flexibility index (Phi) is 6.92. The second kappa shape index (κ2) is 9.64. The molecule has 164 valence electrons. The van der Waals surface area contributed by atoms with E-state index < -0.39 is 39.1 Å². The van der Waals surface area contributed by atoms with Crippen LogP contribution in [0.25, 0.3) is 0 Å². The number of anilines is 1. The van der Waals surface area contributed by atoms with E-state index in [2.05, 4.69) is 22.1 Å². The number of benzene rings is 2. The van der Waals surface area contributed by atoms with Crippen LogP contribution in [0.4, 0.5) is 18.9 Å². The molecule has 1 heterocycles. The van der Waals surface area contributed by atoms with Crippen LogP contribution in [0.15, 0.2) is 77.8 Å². The quantitative estimate of drug-likeness (QED) is 0.573. The molecule has 0 aliphatic carbocycles. The first kappa shape index (κ1) is 23.0. The number of nitrogens with one attached hydrogen (secondary N) is 2. The summed E-state index contributed by atoms with van der Waals surface area (Å²) in [5, 5.41) is 2.51. The fourth-order valence-corrected chi connectivity index (χ4v) is 3.56. The molecule has 0 unspecified atom stereocenters. The van der Waals surface area contributed by atoms with Gasteiger partial charge in [-0.2, -0.15) is 13.2 Å². The number of sulfonamides is 1. The number of rotatable bonds is 5. The van der Waals surface area contributed by atoms with Crippen LogP contribution in [0.5, 0.6) is 0 Å². The van der Waals surface area contributed by atoms with Crippen molar-refractivity contribution in [2.45, 2.75) is 11.1 Å². The van der Waals surface area contributed by atoms with E-state index in [-0.39, 0.29) is 0 Å². The number of pyridine rings is 1. The molecule has 0 bridgehead atoms. The maximum absolute atomic E-state index is 12.8. The molecule has 0 saturated carbocycles. The summed E-state index contributed by atoms with van der Waals surface area (Å²) in [5.74, 6) is 5.08. The topological polar surface area (TPSA) is 88.2 Å². The minimum absolute atomic E-state index is 0.376. The van der Waals surface area contributed by atoms with Crippen molar-refractivity contribution in [1.82, 2.24) is 9.71 Å². The van der Waals surface area contributed by atoms with Gasteiger partial charge in [-0.1, -0.05) is 24.1 Å². The van der Waals surface area contributed by atoms with Crippen molar-refractivity contribution >= 4 is 21.6 Å². The number of carbonyl (C=O) groups is 1. The summed E-state index contributed by atoms with van der Waals surface area (Å²) in [7, 11) is -4.32. The zero-order valence-electron chi connectivity index (χ0n) is 16.3. The van der Waals surface area contributed by atoms with Crippen LogP contribution in [0.2, 0.25) is 0 Å². The maximum atomic E-state index is 12.8. The van der Waals surface area contributed by atoms with Crippen molar-refractivity contribution < 1.29 is 26.4 Å². The summed E-state index contributed by atoms with van der Waals surface area (Å²) in [6.45, 7) is -0.664. The van der Waals surface area contributed by atoms with Gasteiger partial charge in [0.05, 0.1) is 17.0 Å². The SMILES string of the molecule is O=C(CNS(=O)(=O)c1cccc(C(F)(F)F)c1)Nc1cccc(C#Cc2ccccn2)c1. The third-order valence-electron chi connectivity index (χ3n) is 4.04. The Balaban J connectivity index is 1.63. The molecule has 3 rings (SSSR count). The third kappa shape index (κ3) is 6.41. The average Bonchev–Trinajstić information content (AvgIpc) is 2.77. The highest BCUT2D eigenvalue weighted by Gasteiger charge is 2.31. The van der Waals surface area contributed by atoms with Gasteiger partial charge in [-0.05, 0) is 54.5 Å². The van der Waals surface area contributed by atoms with Crippen LogP contribution in [-0.2, 0) is 21.0 Å². The van der Waals surface area contributed by atoms with Gasteiger partial charge >= 0.3 is 6.18 Å². The third-order valence-corrected chi connectivity index (χ3v) is 5.44. The van der Waals surface area contributed by atoms with Crippen LogP contribution >= 0.6 is 0 Å². The van der Waals surface area contributed by atoms with E-state index >= 15 is 0 Å². The molecule has 0 aliphatic heterocycles. The predicted molar refractivity (Wildman–Crippen MR) is 112 cm³/mol. The number of nitrogens with zero attached hydrogens (tertiary/aromatic N) is 1. The Labute approximate surface area is 182 Å². The number of hydrogen-bond donors (Lipinski definition) is 2. The standard InChI is InChI=1S/C22H16F3N3O3S/c23-22(24,25)17-6-4-9-20(14-17)32(30,31)27-15-21(29)28-19-8-3-5-16(13-19)10-11-18-7-1-2-12-26-18/h1-9,12-14,27H,15H2,(H,28,29). The highest BCUT2D eigenvalue weighted by molar-refractivity contribution is 7.89. The van der Waals surface area contributed by atoms with Crippen LogP contribution in [0.1, 0.15) is 16.8 Å². The zero-order chi connectivity index (χ0) is 23.2. The summed E-state index contributed by atoms with van der Waals surface area (Å²) in [6.07, 6.45) is -3.07. The van der Waals surface area contributed by atoms with E-state index in [9.17, 15) is 26.4 Å². The van der Waals surface area contributed by atoms with Gasteiger partial charge in [0.25, 0.3) is 0 Å². The fraction of sp³-hybridized carbons (Fsp3) is 0.0909. The molecule has 0 aliphatic rings. The molecule has 10 heteroatoms. The Morgan fingerprint density at radius 2 is 1.75 bits per heavy atom. The van der Waals surface area contributed by atoms with E-state index in [1.807, 2.05) is 4.72 Å². The monoisotopic (exact) mass is 459 g/mol. The first-order valence-corrected chi connectivity index (χ1v) is 10.6. The molecule has 0 saturated heterocycles. The normalized spacial score (nSPS) is 11.3. The second-order valence-corrected chi connectivity index (χ2v) is 8.21. The highest BCUT2D eigenvalue weighted by atomic mass is 32.2. The Morgan fingerprint density at radius 3 is 2.47 bits per heavy atom. The molecule has 1 amide bonds. The summed E-state index contributed by atoms with van der Waals surface area (Å²) < 4.78 is 64.9. The number of halogens is 3. The van der Waals surface area contributed by atoms with Crippen molar-refractivity contribution in [1.29, 1.82) is 0 Å². The zero-order valence-corrected chi connectivity index (χ0v) is 17.2. The number of carbonyl (C=O) groups excluding carboxylic acids is 1. The smallest absolute Gasteiger partial charge is 0.325 e. The molecular weight excluding hydrogens is 443 g/mol. The van der Waals surface area contributed by atoms with Crippen molar-refractivity contribution in [2.75, 3.05) is 11.9 Å². The van der Waals surface area contributed by atoms with Crippen molar-refractivity contribution in [3.63, 3.8) is 0 Å². The number of amides is 1. The predicted octanol–water partition coefficient (Wildman–Crippen LogP) is 3.42. The summed E-state index contributed by atoms with van der Waals surface area (Å²) in [5.41, 5.74) is 0.443. The first-order valence-electron chi connectivity index (χ1n) is 9.13. The second-order valence-electron chi connectivity index (χ2n) is 6.44. The Bertz CT molecular complexity index is 1280. The first-order chi connectivity index (χ1) is 15.1. The molecule has 0 radical (unpaired) electrons. The van der Waals surface area contributed by atoms with Crippen LogP contribution in [0, 0.1) is 11.8 Å². The molecule has 0 spiro atoms. The van der Waals surface area contributed by atoms with Crippen molar-refractivity contribution in [3.05, 3.63) is 89.7 Å². The Hall–Kier alpha value is -3.68. The van der Waals surface area contributed by atoms with E-state index in [4.69, 9.17) is 0 Å². The Morgan fingerprint density at radius 1 is 0.969 bits per heavy atom. The van der Waals surface area contributed by atoms with Gasteiger partial charge in [0, 0.05) is 17.4 Å². The van der Waals surface area contributed by atoms with Crippen LogP contribution in [-0.4, -0.2) is 25.9 Å². The lowest BCUT2D eigenvalue weighted by molar-refractivity contribution is -0.137. The van der Waals surface area contributed by atoms with E-state index in [0.29, 0.717) is 23.0 Å². The van der Waals surface area contributed by atoms with Crippen LogP contribution in [0.3, 0.4) is 0 Å². The molecular formula is C22H16F3N3O3S. The average molecular weight is 459 g/mol. The lowest BCUT2D eigenvalue weighted by Crippen LogP contribution is -2.33. The van der Waals surface area contributed by atoms with Gasteiger partial charge in [-0.15, -0.1) is 0 Å². The largest absolute Gasteiger partial charge is 0.416 e. The highest BCUT2D eigenvalue weighted by Crippen LogP contribution is 2.30. The molecule has 1 aromatic heterocycles.